The van der Waals surface area contributed by atoms with Crippen molar-refractivity contribution in [2.45, 2.75) is 12.1 Å². The summed E-state index contributed by atoms with van der Waals surface area (Å²) >= 11 is 0. The molecule has 0 radical (unpaired) electrons. The van der Waals surface area contributed by atoms with Crippen LogP contribution in [0.3, 0.4) is 0 Å². The third kappa shape index (κ3) is 3.56. The average molecular weight is 350 g/mol. The maximum atomic E-state index is 12.2. The van der Waals surface area contributed by atoms with Crippen molar-refractivity contribution < 1.29 is 4.79 Å². The summed E-state index contributed by atoms with van der Waals surface area (Å²) in [5, 5.41) is 5.92. The van der Waals surface area contributed by atoms with Gasteiger partial charge in [0.2, 0.25) is 0 Å². The topological polar surface area (TPSA) is 69.1 Å². The van der Waals surface area contributed by atoms with Crippen LogP contribution in [-0.4, -0.2) is 43.3 Å². The van der Waals surface area contributed by atoms with Crippen molar-refractivity contribution in [3.05, 3.63) is 71.1 Å². The van der Waals surface area contributed by atoms with Gasteiger partial charge in [0.1, 0.15) is 0 Å². The SMILES string of the molecule is B=P(c1ccccc1)(c1ccccc1)[C@@H]1CCN(C(=O)CN=[N+]=[N-])C1. The van der Waals surface area contributed by atoms with Crippen molar-refractivity contribution in [3.63, 3.8) is 0 Å². The Morgan fingerprint density at radius 3 is 2.24 bits per heavy atom. The minimum atomic E-state index is -1.87. The summed E-state index contributed by atoms with van der Waals surface area (Å²) in [6.45, 7) is -0.617. The van der Waals surface area contributed by atoms with E-state index in [-0.39, 0.29) is 12.5 Å². The first-order chi connectivity index (χ1) is 12.2. The first-order valence-corrected chi connectivity index (χ1v) is 10.3. The molecule has 1 aliphatic rings. The summed E-state index contributed by atoms with van der Waals surface area (Å²) in [7, 11) is 4.74. The molecule has 0 N–H and O–H groups in total. The van der Waals surface area contributed by atoms with E-state index in [0.717, 1.165) is 6.42 Å². The normalized spacial score (nSPS) is 17.1. The molecule has 5 nitrogen and oxygen atoms in total. The molecule has 0 unspecified atom stereocenters. The zero-order valence-corrected chi connectivity index (χ0v) is 14.9. The van der Waals surface area contributed by atoms with Crippen LogP contribution in [-0.2, 0) is 4.79 Å². The van der Waals surface area contributed by atoms with Crippen molar-refractivity contribution in [1.82, 2.24) is 4.90 Å². The number of azide groups is 1. The molecular weight excluding hydrogens is 330 g/mol. The fourth-order valence-electron chi connectivity index (χ4n) is 3.48. The standard InChI is InChI=1S/C18H20BN4OP/c19-25(15-7-3-1-4-8-15,16-9-5-2-6-10-16)17-11-12-23(14-17)18(24)13-21-22-20/h1-10,17,19H,11-14H2/t17-/m1/s1. The average Bonchev–Trinajstić information content (AvgIpc) is 3.17. The number of likely N-dealkylation sites (tertiary alicyclic amines) is 1. The molecule has 1 atom stereocenters. The molecule has 2 aromatic rings. The number of carbonyl (C=O) groups is 1. The van der Waals surface area contributed by atoms with Crippen LogP contribution in [0.1, 0.15) is 6.42 Å². The van der Waals surface area contributed by atoms with Crippen LogP contribution in [0, 0.1) is 0 Å². The summed E-state index contributed by atoms with van der Waals surface area (Å²) in [5.74, 6) is -0.104. The van der Waals surface area contributed by atoms with Gasteiger partial charge in [-0.3, -0.25) is 0 Å². The van der Waals surface area contributed by atoms with E-state index in [1.807, 2.05) is 17.0 Å². The Labute approximate surface area is 148 Å². The molecule has 1 fully saturated rings. The molecule has 7 heteroatoms. The maximum absolute atomic E-state index is 12.2. The van der Waals surface area contributed by atoms with Gasteiger partial charge < -0.3 is 0 Å². The van der Waals surface area contributed by atoms with Crippen LogP contribution < -0.4 is 10.6 Å². The molecule has 1 amide bonds. The van der Waals surface area contributed by atoms with E-state index in [1.54, 1.807) is 0 Å². The molecule has 2 aromatic carbocycles. The summed E-state index contributed by atoms with van der Waals surface area (Å²) in [6, 6.07) is 20.9. The second-order valence-corrected chi connectivity index (χ2v) is 9.71. The molecule has 1 heterocycles. The second-order valence-electron chi connectivity index (χ2n) is 6.21. The first kappa shape index (κ1) is 17.5. The number of hydrogen-bond donors (Lipinski definition) is 0. The van der Waals surface area contributed by atoms with Crippen LogP contribution in [0.25, 0.3) is 10.4 Å². The summed E-state index contributed by atoms with van der Waals surface area (Å²) < 4.78 is 0. The quantitative estimate of drug-likeness (QED) is 0.268. The Kier molecular flexibility index (Phi) is 5.42. The first-order valence-electron chi connectivity index (χ1n) is 8.29. The van der Waals surface area contributed by atoms with Gasteiger partial charge in [0, 0.05) is 0 Å². The van der Waals surface area contributed by atoms with Crippen molar-refractivity contribution in [2.24, 2.45) is 5.11 Å². The number of amides is 1. The summed E-state index contributed by atoms with van der Waals surface area (Å²) in [6.07, 6.45) is 0.920. The van der Waals surface area contributed by atoms with Crippen LogP contribution in [0.2, 0.25) is 0 Å². The van der Waals surface area contributed by atoms with Gasteiger partial charge in [-0.1, -0.05) is 0 Å². The Balaban J connectivity index is 1.93. The van der Waals surface area contributed by atoms with Gasteiger partial charge >= 0.3 is 148 Å². The predicted molar refractivity (Wildman–Crippen MR) is 105 cm³/mol. The van der Waals surface area contributed by atoms with E-state index >= 15 is 0 Å². The molecule has 0 saturated carbocycles. The van der Waals surface area contributed by atoms with Gasteiger partial charge in [0.15, 0.2) is 0 Å². The Morgan fingerprint density at radius 2 is 1.72 bits per heavy atom. The van der Waals surface area contributed by atoms with Crippen molar-refractivity contribution in [2.75, 3.05) is 19.6 Å². The Bertz CT molecular complexity index is 793. The fraction of sp³-hybridized carbons (Fsp3) is 0.278. The van der Waals surface area contributed by atoms with Crippen molar-refractivity contribution >= 4 is 30.5 Å². The number of carbonyl (C=O) groups excluding carboxylic acids is 1. The minimum absolute atomic E-state index is 0.104. The van der Waals surface area contributed by atoms with E-state index in [0.29, 0.717) is 18.7 Å². The molecule has 1 saturated heterocycles. The van der Waals surface area contributed by atoms with Gasteiger partial charge in [-0.25, -0.2) is 0 Å². The molecule has 0 bridgehead atoms. The zero-order valence-electron chi connectivity index (χ0n) is 14.0. The van der Waals surface area contributed by atoms with Crippen molar-refractivity contribution in [3.8, 4) is 0 Å². The van der Waals surface area contributed by atoms with Gasteiger partial charge in [-0.05, 0) is 0 Å². The monoisotopic (exact) mass is 350 g/mol. The van der Waals surface area contributed by atoms with E-state index in [1.165, 1.54) is 10.6 Å². The molecule has 0 aliphatic carbocycles. The van der Waals surface area contributed by atoms with E-state index in [2.05, 4.69) is 58.6 Å². The number of nitrogens with zero attached hydrogens (tertiary/aromatic N) is 4. The molecule has 0 aromatic heterocycles. The molecule has 25 heavy (non-hydrogen) atoms. The summed E-state index contributed by atoms with van der Waals surface area (Å²) in [4.78, 5) is 16.7. The van der Waals surface area contributed by atoms with Crippen LogP contribution >= 0.6 is 6.75 Å². The molecule has 126 valence electrons. The molecule has 3 rings (SSSR count). The molecule has 1 aliphatic heterocycles. The van der Waals surface area contributed by atoms with E-state index in [4.69, 9.17) is 12.7 Å². The van der Waals surface area contributed by atoms with Crippen LogP contribution in [0.4, 0.5) is 0 Å². The van der Waals surface area contributed by atoms with Gasteiger partial charge in [0.05, 0.1) is 0 Å². The number of rotatable bonds is 5. The Hall–Kier alpha value is -2.29. The zero-order chi connectivity index (χ0) is 17.7. The van der Waals surface area contributed by atoms with Gasteiger partial charge in [0.25, 0.3) is 0 Å². The summed E-state index contributed by atoms with van der Waals surface area (Å²) in [5.41, 5.74) is 8.73. The predicted octanol–water partition coefficient (Wildman–Crippen LogP) is 2.38. The Morgan fingerprint density at radius 1 is 1.16 bits per heavy atom. The van der Waals surface area contributed by atoms with Crippen LogP contribution in [0.5, 0.6) is 0 Å². The third-order valence-corrected chi connectivity index (χ3v) is 8.95. The second kappa shape index (κ2) is 7.73. The van der Waals surface area contributed by atoms with Gasteiger partial charge in [-0.15, -0.1) is 0 Å². The number of hydrogen-bond acceptors (Lipinski definition) is 2. The van der Waals surface area contributed by atoms with Crippen molar-refractivity contribution in [1.29, 1.82) is 0 Å². The van der Waals surface area contributed by atoms with E-state index < -0.39 is 6.75 Å². The molecule has 0 spiro atoms. The third-order valence-electron chi connectivity index (χ3n) is 4.84. The van der Waals surface area contributed by atoms with Gasteiger partial charge in [-0.2, -0.15) is 0 Å². The van der Waals surface area contributed by atoms with E-state index in [9.17, 15) is 4.79 Å². The molecular formula is C18H20BN4OP. The fourth-order valence-corrected chi connectivity index (χ4v) is 7.06. The number of benzene rings is 2. The van der Waals surface area contributed by atoms with Crippen LogP contribution in [0.15, 0.2) is 65.8 Å².